The third kappa shape index (κ3) is 3.88. The number of nitrogen functional groups attached to an aromatic ring is 1. The quantitative estimate of drug-likeness (QED) is 0.822. The first kappa shape index (κ1) is 15.3. The topological polar surface area (TPSA) is 64.3 Å². The molecule has 0 spiro atoms. The van der Waals surface area contributed by atoms with Gasteiger partial charge in [0.05, 0.1) is 17.9 Å². The second kappa shape index (κ2) is 5.95. The molecule has 1 rings (SSSR count). The maximum atomic E-state index is 12.3. The summed E-state index contributed by atoms with van der Waals surface area (Å²) in [5.41, 5.74) is 6.83. The Morgan fingerprint density at radius 2 is 2.05 bits per heavy atom. The molecule has 0 aliphatic carbocycles. The van der Waals surface area contributed by atoms with Gasteiger partial charge in [-0.15, -0.1) is 0 Å². The first-order chi connectivity index (χ1) is 8.77. The second-order valence-corrected chi connectivity index (χ2v) is 5.72. The van der Waals surface area contributed by atoms with E-state index in [1.165, 1.54) is 0 Å². The van der Waals surface area contributed by atoms with Crippen molar-refractivity contribution in [3.05, 3.63) is 23.8 Å². The largest absolute Gasteiger partial charge is 0.491 e. The summed E-state index contributed by atoms with van der Waals surface area (Å²) in [7, 11) is 0. The number of ether oxygens (including phenoxy) is 1. The number of nitrogens with one attached hydrogen (secondary N) is 1. The van der Waals surface area contributed by atoms with Crippen molar-refractivity contribution < 1.29 is 9.53 Å². The van der Waals surface area contributed by atoms with Crippen LogP contribution in [0.4, 0.5) is 5.69 Å². The minimum Gasteiger partial charge on any atom is -0.491 e. The molecule has 19 heavy (non-hydrogen) atoms. The SMILES string of the molecule is CCOc1c(N)cccc1C(=O)NC(C)C(C)(C)C. The van der Waals surface area contributed by atoms with Crippen molar-refractivity contribution in [3.63, 3.8) is 0 Å². The van der Waals surface area contributed by atoms with Crippen molar-refractivity contribution in [1.29, 1.82) is 0 Å². The summed E-state index contributed by atoms with van der Waals surface area (Å²) in [6.45, 7) is 10.6. The van der Waals surface area contributed by atoms with E-state index < -0.39 is 0 Å². The zero-order valence-corrected chi connectivity index (χ0v) is 12.4. The van der Waals surface area contributed by atoms with Crippen molar-refractivity contribution in [2.24, 2.45) is 5.41 Å². The third-order valence-corrected chi connectivity index (χ3v) is 3.23. The number of rotatable bonds is 4. The van der Waals surface area contributed by atoms with Crippen molar-refractivity contribution >= 4 is 11.6 Å². The first-order valence-corrected chi connectivity index (χ1v) is 6.59. The van der Waals surface area contributed by atoms with Crippen molar-refractivity contribution in [1.82, 2.24) is 5.32 Å². The lowest BCUT2D eigenvalue weighted by atomic mass is 9.88. The van der Waals surface area contributed by atoms with E-state index in [1.807, 2.05) is 13.8 Å². The number of benzene rings is 1. The van der Waals surface area contributed by atoms with Gasteiger partial charge in [-0.1, -0.05) is 26.8 Å². The third-order valence-electron chi connectivity index (χ3n) is 3.23. The van der Waals surface area contributed by atoms with E-state index in [4.69, 9.17) is 10.5 Å². The molecule has 0 radical (unpaired) electrons. The van der Waals surface area contributed by atoms with Crippen LogP contribution < -0.4 is 15.8 Å². The van der Waals surface area contributed by atoms with Crippen LogP contribution in [0.5, 0.6) is 5.75 Å². The molecule has 0 aliphatic heterocycles. The fraction of sp³-hybridized carbons (Fsp3) is 0.533. The summed E-state index contributed by atoms with van der Waals surface area (Å²) >= 11 is 0. The lowest BCUT2D eigenvalue weighted by Gasteiger charge is -2.28. The van der Waals surface area contributed by atoms with Crippen molar-refractivity contribution in [2.45, 2.75) is 40.7 Å². The minimum atomic E-state index is -0.154. The summed E-state index contributed by atoms with van der Waals surface area (Å²) < 4.78 is 5.47. The van der Waals surface area contributed by atoms with Gasteiger partial charge in [0, 0.05) is 6.04 Å². The number of para-hydroxylation sites is 1. The van der Waals surface area contributed by atoms with Crippen LogP contribution in [0.25, 0.3) is 0 Å². The minimum absolute atomic E-state index is 0.00175. The van der Waals surface area contributed by atoms with E-state index in [0.29, 0.717) is 23.6 Å². The Kier molecular flexibility index (Phi) is 4.81. The molecule has 0 saturated heterocycles. The number of amides is 1. The van der Waals surface area contributed by atoms with Crippen LogP contribution in [0.2, 0.25) is 0 Å². The van der Waals surface area contributed by atoms with Gasteiger partial charge in [0.25, 0.3) is 5.91 Å². The standard InChI is InChI=1S/C15H24N2O2/c1-6-19-13-11(8-7-9-12(13)16)14(18)17-10(2)15(3,4)5/h7-10H,6,16H2,1-5H3,(H,17,18). The molecule has 1 atom stereocenters. The number of anilines is 1. The van der Waals surface area contributed by atoms with Gasteiger partial charge in [0.15, 0.2) is 5.75 Å². The molecule has 0 aromatic heterocycles. The lowest BCUT2D eigenvalue weighted by Crippen LogP contribution is -2.41. The van der Waals surface area contributed by atoms with E-state index in [9.17, 15) is 4.79 Å². The highest BCUT2D eigenvalue weighted by molar-refractivity contribution is 5.98. The van der Waals surface area contributed by atoms with E-state index in [-0.39, 0.29) is 17.4 Å². The smallest absolute Gasteiger partial charge is 0.255 e. The molecule has 0 saturated carbocycles. The van der Waals surface area contributed by atoms with Crippen LogP contribution in [0, 0.1) is 5.41 Å². The lowest BCUT2D eigenvalue weighted by molar-refractivity contribution is 0.0906. The van der Waals surface area contributed by atoms with E-state index in [0.717, 1.165) is 0 Å². The van der Waals surface area contributed by atoms with Crippen LogP contribution in [0.15, 0.2) is 18.2 Å². The highest BCUT2D eigenvalue weighted by Gasteiger charge is 2.24. The summed E-state index contributed by atoms with van der Waals surface area (Å²) in [6.07, 6.45) is 0. The normalized spacial score (nSPS) is 12.9. The first-order valence-electron chi connectivity index (χ1n) is 6.59. The maximum Gasteiger partial charge on any atom is 0.255 e. The van der Waals surface area contributed by atoms with Crippen LogP contribution in [0.3, 0.4) is 0 Å². The Hall–Kier alpha value is -1.71. The van der Waals surface area contributed by atoms with Gasteiger partial charge in [-0.25, -0.2) is 0 Å². The highest BCUT2D eigenvalue weighted by Crippen LogP contribution is 2.27. The molecule has 4 nitrogen and oxygen atoms in total. The predicted octanol–water partition coefficient (Wildman–Crippen LogP) is 2.83. The maximum absolute atomic E-state index is 12.3. The van der Waals surface area contributed by atoms with Gasteiger partial charge in [-0.05, 0) is 31.4 Å². The molecule has 0 aliphatic rings. The van der Waals surface area contributed by atoms with Crippen LogP contribution in [-0.4, -0.2) is 18.6 Å². The van der Waals surface area contributed by atoms with Crippen molar-refractivity contribution in [2.75, 3.05) is 12.3 Å². The number of hydrogen-bond acceptors (Lipinski definition) is 3. The number of carbonyl (C=O) groups excluding carboxylic acids is 1. The van der Waals surface area contributed by atoms with Crippen LogP contribution in [-0.2, 0) is 0 Å². The van der Waals surface area contributed by atoms with Gasteiger partial charge < -0.3 is 15.8 Å². The summed E-state index contributed by atoms with van der Waals surface area (Å²) in [6, 6.07) is 5.27. The molecule has 1 aromatic carbocycles. The van der Waals surface area contributed by atoms with Crippen LogP contribution in [0.1, 0.15) is 45.0 Å². The molecular weight excluding hydrogens is 240 g/mol. The molecule has 0 bridgehead atoms. The molecule has 1 amide bonds. The summed E-state index contributed by atoms with van der Waals surface area (Å²) in [5.74, 6) is 0.307. The van der Waals surface area contributed by atoms with Gasteiger partial charge in [0.1, 0.15) is 0 Å². The molecule has 3 N–H and O–H groups in total. The molecule has 0 fully saturated rings. The van der Waals surface area contributed by atoms with Crippen LogP contribution >= 0.6 is 0 Å². The second-order valence-electron chi connectivity index (χ2n) is 5.72. The average molecular weight is 264 g/mol. The Balaban J connectivity index is 2.97. The molecule has 1 aromatic rings. The van der Waals surface area contributed by atoms with E-state index in [1.54, 1.807) is 18.2 Å². The van der Waals surface area contributed by atoms with Gasteiger partial charge in [-0.2, -0.15) is 0 Å². The summed E-state index contributed by atoms with van der Waals surface area (Å²) in [4.78, 5) is 12.3. The average Bonchev–Trinajstić information content (AvgIpc) is 2.30. The number of hydrogen-bond donors (Lipinski definition) is 2. The van der Waals surface area contributed by atoms with Crippen molar-refractivity contribution in [3.8, 4) is 5.75 Å². The molecule has 106 valence electrons. The van der Waals surface area contributed by atoms with Gasteiger partial charge >= 0.3 is 0 Å². The Morgan fingerprint density at radius 3 is 2.58 bits per heavy atom. The van der Waals surface area contributed by atoms with E-state index >= 15 is 0 Å². The monoisotopic (exact) mass is 264 g/mol. The van der Waals surface area contributed by atoms with Gasteiger partial charge in [-0.3, -0.25) is 4.79 Å². The highest BCUT2D eigenvalue weighted by atomic mass is 16.5. The fourth-order valence-corrected chi connectivity index (χ4v) is 1.53. The predicted molar refractivity (Wildman–Crippen MR) is 78.4 cm³/mol. The Bertz CT molecular complexity index is 450. The Labute approximate surface area is 115 Å². The number of carbonyl (C=O) groups is 1. The zero-order valence-electron chi connectivity index (χ0n) is 12.4. The fourth-order valence-electron chi connectivity index (χ4n) is 1.53. The molecule has 0 heterocycles. The molecule has 1 unspecified atom stereocenters. The summed E-state index contributed by atoms with van der Waals surface area (Å²) in [5, 5.41) is 2.99. The molecular formula is C15H24N2O2. The van der Waals surface area contributed by atoms with E-state index in [2.05, 4.69) is 26.1 Å². The molecule has 4 heteroatoms. The van der Waals surface area contributed by atoms with Gasteiger partial charge in [0.2, 0.25) is 0 Å². The Morgan fingerprint density at radius 1 is 1.42 bits per heavy atom. The zero-order chi connectivity index (χ0) is 14.6. The number of nitrogens with two attached hydrogens (primary N) is 1.